The zero-order valence-electron chi connectivity index (χ0n) is 7.75. The second-order valence-electron chi connectivity index (χ2n) is 3.29. The first-order chi connectivity index (χ1) is 5.48. The van der Waals surface area contributed by atoms with Gasteiger partial charge in [0.15, 0.2) is 0 Å². The molecule has 0 aromatic heterocycles. The van der Waals surface area contributed by atoms with Gasteiger partial charge in [0.2, 0.25) is 0 Å². The molecule has 0 N–H and O–H groups in total. The molecule has 0 spiro atoms. The van der Waals surface area contributed by atoms with Crippen LogP contribution in [0.5, 0.6) is 0 Å². The van der Waals surface area contributed by atoms with Crippen LogP contribution in [-0.2, 0) is 0 Å². The first-order valence-corrected chi connectivity index (χ1v) is 4.55. The van der Waals surface area contributed by atoms with Crippen LogP contribution in [-0.4, -0.2) is 6.18 Å². The number of unbranched alkanes of at least 4 members (excludes halogenated alkanes) is 3. The van der Waals surface area contributed by atoms with E-state index < -0.39 is 12.1 Å². The Kier molecular flexibility index (Phi) is 5.34. The summed E-state index contributed by atoms with van der Waals surface area (Å²) in [5, 5.41) is 0. The molecule has 3 heteroatoms. The number of rotatable bonds is 5. The molecule has 0 radical (unpaired) electrons. The SMILES string of the molecule is CCCCCC[C@H](C)C(F)(F)F. The maximum atomic E-state index is 12.0. The van der Waals surface area contributed by atoms with Crippen molar-refractivity contribution in [2.24, 2.45) is 5.92 Å². The third kappa shape index (κ3) is 5.44. The molecule has 0 fully saturated rings. The van der Waals surface area contributed by atoms with E-state index >= 15 is 0 Å². The van der Waals surface area contributed by atoms with E-state index in [1.165, 1.54) is 6.92 Å². The second kappa shape index (κ2) is 5.44. The van der Waals surface area contributed by atoms with Crippen LogP contribution in [0.2, 0.25) is 0 Å². The van der Waals surface area contributed by atoms with Gasteiger partial charge in [0, 0.05) is 0 Å². The summed E-state index contributed by atoms with van der Waals surface area (Å²) in [5.41, 5.74) is 0. The lowest BCUT2D eigenvalue weighted by Gasteiger charge is -2.14. The summed E-state index contributed by atoms with van der Waals surface area (Å²) in [5.74, 6) is -1.13. The number of halogens is 3. The van der Waals surface area contributed by atoms with E-state index in [-0.39, 0.29) is 6.42 Å². The van der Waals surface area contributed by atoms with Crippen LogP contribution in [0.3, 0.4) is 0 Å². The molecule has 0 aromatic carbocycles. The van der Waals surface area contributed by atoms with Gasteiger partial charge >= 0.3 is 6.18 Å². The average molecular weight is 182 g/mol. The Balaban J connectivity index is 3.38. The molecule has 0 saturated heterocycles. The zero-order valence-corrected chi connectivity index (χ0v) is 7.75. The molecule has 0 unspecified atom stereocenters. The first-order valence-electron chi connectivity index (χ1n) is 4.55. The fourth-order valence-electron chi connectivity index (χ4n) is 1.04. The molecule has 74 valence electrons. The summed E-state index contributed by atoms with van der Waals surface area (Å²) in [6.07, 6.45) is 0.0339. The van der Waals surface area contributed by atoms with E-state index in [9.17, 15) is 13.2 Å². The molecular weight excluding hydrogens is 165 g/mol. The minimum absolute atomic E-state index is 0.281. The lowest BCUT2D eigenvalue weighted by Crippen LogP contribution is -2.19. The Bertz CT molecular complexity index is 107. The fraction of sp³-hybridized carbons (Fsp3) is 1.00. The van der Waals surface area contributed by atoms with Crippen LogP contribution in [0.1, 0.15) is 46.0 Å². The van der Waals surface area contributed by atoms with Gasteiger partial charge in [-0.1, -0.05) is 39.5 Å². The minimum atomic E-state index is -3.99. The molecule has 0 heterocycles. The molecule has 0 bridgehead atoms. The van der Waals surface area contributed by atoms with E-state index in [0.717, 1.165) is 19.3 Å². The molecule has 0 aliphatic heterocycles. The van der Waals surface area contributed by atoms with Gasteiger partial charge in [0.25, 0.3) is 0 Å². The molecule has 0 amide bonds. The van der Waals surface area contributed by atoms with E-state index in [1.807, 2.05) is 6.92 Å². The van der Waals surface area contributed by atoms with Crippen LogP contribution in [0.25, 0.3) is 0 Å². The smallest absolute Gasteiger partial charge is 0.171 e. The fourth-order valence-corrected chi connectivity index (χ4v) is 1.04. The highest BCUT2D eigenvalue weighted by Gasteiger charge is 2.34. The summed E-state index contributed by atoms with van der Waals surface area (Å²) in [4.78, 5) is 0. The minimum Gasteiger partial charge on any atom is -0.171 e. The van der Waals surface area contributed by atoms with Crippen LogP contribution < -0.4 is 0 Å². The summed E-state index contributed by atoms with van der Waals surface area (Å²) < 4.78 is 35.9. The number of hydrogen-bond donors (Lipinski definition) is 0. The maximum absolute atomic E-state index is 12.0. The Hall–Kier alpha value is -0.210. The quantitative estimate of drug-likeness (QED) is 0.560. The second-order valence-corrected chi connectivity index (χ2v) is 3.29. The molecule has 0 aromatic rings. The summed E-state index contributed by atoms with van der Waals surface area (Å²) in [7, 11) is 0. The van der Waals surface area contributed by atoms with Crippen molar-refractivity contribution < 1.29 is 13.2 Å². The van der Waals surface area contributed by atoms with Gasteiger partial charge in [0.05, 0.1) is 5.92 Å². The zero-order chi connectivity index (χ0) is 9.61. The Morgan fingerprint density at radius 1 is 1.08 bits per heavy atom. The Morgan fingerprint density at radius 3 is 2.08 bits per heavy atom. The van der Waals surface area contributed by atoms with Gasteiger partial charge in [-0.25, -0.2) is 0 Å². The van der Waals surface area contributed by atoms with Gasteiger partial charge in [0.1, 0.15) is 0 Å². The molecule has 1 atom stereocenters. The van der Waals surface area contributed by atoms with E-state index in [4.69, 9.17) is 0 Å². The standard InChI is InChI=1S/C9H17F3/c1-3-4-5-6-7-8(2)9(10,11)12/h8H,3-7H2,1-2H3/t8-/m0/s1. The molecule has 12 heavy (non-hydrogen) atoms. The van der Waals surface area contributed by atoms with Gasteiger partial charge in [-0.15, -0.1) is 0 Å². The lowest BCUT2D eigenvalue weighted by molar-refractivity contribution is -0.171. The van der Waals surface area contributed by atoms with Crippen molar-refractivity contribution in [3.63, 3.8) is 0 Å². The largest absolute Gasteiger partial charge is 0.391 e. The highest BCUT2D eigenvalue weighted by molar-refractivity contribution is 4.61. The molecular formula is C9H17F3. The van der Waals surface area contributed by atoms with E-state index in [1.54, 1.807) is 0 Å². The third-order valence-electron chi connectivity index (χ3n) is 2.05. The van der Waals surface area contributed by atoms with Crippen LogP contribution in [0, 0.1) is 5.92 Å². The third-order valence-corrected chi connectivity index (χ3v) is 2.05. The lowest BCUT2D eigenvalue weighted by atomic mass is 10.0. The van der Waals surface area contributed by atoms with Crippen molar-refractivity contribution in [2.75, 3.05) is 0 Å². The Labute approximate surface area is 72.2 Å². The predicted molar refractivity (Wildman–Crippen MR) is 44.0 cm³/mol. The van der Waals surface area contributed by atoms with Gasteiger partial charge in [-0.05, 0) is 6.42 Å². The van der Waals surface area contributed by atoms with Crippen molar-refractivity contribution in [1.29, 1.82) is 0 Å². The van der Waals surface area contributed by atoms with Crippen LogP contribution >= 0.6 is 0 Å². The van der Waals surface area contributed by atoms with Crippen molar-refractivity contribution in [2.45, 2.75) is 52.1 Å². The number of alkyl halides is 3. The highest BCUT2D eigenvalue weighted by atomic mass is 19.4. The topological polar surface area (TPSA) is 0 Å². The summed E-state index contributed by atoms with van der Waals surface area (Å²) >= 11 is 0. The van der Waals surface area contributed by atoms with Crippen LogP contribution in [0.4, 0.5) is 13.2 Å². The monoisotopic (exact) mass is 182 g/mol. The molecule has 0 rings (SSSR count). The maximum Gasteiger partial charge on any atom is 0.391 e. The van der Waals surface area contributed by atoms with Crippen molar-refractivity contribution in [3.05, 3.63) is 0 Å². The summed E-state index contributed by atoms with van der Waals surface area (Å²) in [6, 6.07) is 0. The van der Waals surface area contributed by atoms with E-state index in [0.29, 0.717) is 6.42 Å². The van der Waals surface area contributed by atoms with Crippen molar-refractivity contribution in [3.8, 4) is 0 Å². The predicted octanol–water partition coefficient (Wildman–Crippen LogP) is 4.16. The van der Waals surface area contributed by atoms with E-state index in [2.05, 4.69) is 0 Å². The molecule has 0 nitrogen and oxygen atoms in total. The molecule has 0 aliphatic carbocycles. The number of hydrogen-bond acceptors (Lipinski definition) is 0. The van der Waals surface area contributed by atoms with Crippen LogP contribution in [0.15, 0.2) is 0 Å². The summed E-state index contributed by atoms with van der Waals surface area (Å²) in [6.45, 7) is 3.30. The van der Waals surface area contributed by atoms with Crippen molar-refractivity contribution >= 4 is 0 Å². The van der Waals surface area contributed by atoms with Crippen molar-refractivity contribution in [1.82, 2.24) is 0 Å². The van der Waals surface area contributed by atoms with Gasteiger partial charge in [-0.3, -0.25) is 0 Å². The molecule has 0 aliphatic rings. The molecule has 0 saturated carbocycles. The van der Waals surface area contributed by atoms with Gasteiger partial charge in [-0.2, -0.15) is 13.2 Å². The normalized spacial score (nSPS) is 14.8. The Morgan fingerprint density at radius 2 is 1.67 bits per heavy atom. The first kappa shape index (κ1) is 11.8. The van der Waals surface area contributed by atoms with Gasteiger partial charge < -0.3 is 0 Å². The average Bonchev–Trinajstić information content (AvgIpc) is 1.96. The highest BCUT2D eigenvalue weighted by Crippen LogP contribution is 2.29.